The Hall–Kier alpha value is -0.550. The average Bonchev–Trinajstić information content (AvgIpc) is 2.10. The first kappa shape index (κ1) is 12.4. The molecule has 0 saturated carbocycles. The van der Waals surface area contributed by atoms with Crippen LogP contribution >= 0.6 is 0 Å². The molecule has 0 fully saturated rings. The third kappa shape index (κ3) is 6.60. The number of nitrogens with zero attached hydrogens (tertiary/aromatic N) is 2. The van der Waals surface area contributed by atoms with Gasteiger partial charge in [0.1, 0.15) is 0 Å². The Labute approximate surface area is 82.5 Å². The fourth-order valence-electron chi connectivity index (χ4n) is 1.21. The second-order valence-electron chi connectivity index (χ2n) is 4.18. The summed E-state index contributed by atoms with van der Waals surface area (Å²) < 4.78 is 0. The summed E-state index contributed by atoms with van der Waals surface area (Å²) in [5, 5.41) is 8.78. The van der Waals surface area contributed by atoms with Crippen molar-refractivity contribution in [1.29, 1.82) is 5.26 Å². The Bertz CT molecular complexity index is 158. The highest BCUT2D eigenvalue weighted by molar-refractivity contribution is 4.83. The van der Waals surface area contributed by atoms with E-state index in [2.05, 4.69) is 38.8 Å². The molecule has 0 aliphatic heterocycles. The molecule has 2 heteroatoms. The van der Waals surface area contributed by atoms with Gasteiger partial charge in [-0.2, -0.15) is 5.26 Å². The van der Waals surface area contributed by atoms with E-state index in [0.717, 1.165) is 25.4 Å². The third-order valence-corrected chi connectivity index (χ3v) is 2.30. The van der Waals surface area contributed by atoms with E-state index >= 15 is 0 Å². The molecule has 0 bridgehead atoms. The smallest absolute Gasteiger partial charge is 0.0669 e. The lowest BCUT2D eigenvalue weighted by Crippen LogP contribution is -2.26. The van der Waals surface area contributed by atoms with Crippen molar-refractivity contribution in [2.75, 3.05) is 20.1 Å². The summed E-state index contributed by atoms with van der Waals surface area (Å²) in [6.07, 6.45) is 2.18. The second kappa shape index (κ2) is 6.91. The number of rotatable bonds is 6. The predicted octanol–water partition coefficient (Wildman–Crippen LogP) is 2.51. The lowest BCUT2D eigenvalue weighted by molar-refractivity contribution is 0.282. The van der Waals surface area contributed by atoms with Crippen LogP contribution in [-0.2, 0) is 0 Å². The van der Waals surface area contributed by atoms with Crippen molar-refractivity contribution in [1.82, 2.24) is 4.90 Å². The maximum Gasteiger partial charge on any atom is 0.0669 e. The van der Waals surface area contributed by atoms with Crippen molar-refractivity contribution in [2.45, 2.75) is 33.6 Å². The molecule has 76 valence electrons. The highest BCUT2D eigenvalue weighted by Crippen LogP contribution is 2.05. The molecule has 0 rings (SSSR count). The zero-order valence-electron chi connectivity index (χ0n) is 9.38. The van der Waals surface area contributed by atoms with Crippen molar-refractivity contribution < 1.29 is 0 Å². The molecule has 0 amide bonds. The van der Waals surface area contributed by atoms with Crippen molar-refractivity contribution >= 4 is 0 Å². The lowest BCUT2D eigenvalue weighted by Gasteiger charge is -2.19. The Balaban J connectivity index is 3.61. The molecule has 0 heterocycles. The second-order valence-corrected chi connectivity index (χ2v) is 4.18. The largest absolute Gasteiger partial charge is 0.305 e. The quantitative estimate of drug-likeness (QED) is 0.631. The maximum absolute atomic E-state index is 8.78. The molecule has 1 atom stereocenters. The van der Waals surface area contributed by atoms with Crippen molar-refractivity contribution in [3.63, 3.8) is 0 Å². The van der Waals surface area contributed by atoms with E-state index in [-0.39, 0.29) is 5.92 Å². The molecule has 0 saturated heterocycles. The van der Waals surface area contributed by atoms with Crippen LogP contribution in [0.4, 0.5) is 0 Å². The van der Waals surface area contributed by atoms with Gasteiger partial charge in [0.25, 0.3) is 0 Å². The highest BCUT2D eigenvalue weighted by atomic mass is 15.1. The number of nitriles is 1. The first-order valence-electron chi connectivity index (χ1n) is 5.18. The van der Waals surface area contributed by atoms with Crippen LogP contribution in [0.1, 0.15) is 33.6 Å². The molecule has 0 N–H and O–H groups in total. The van der Waals surface area contributed by atoms with Gasteiger partial charge in [-0.1, -0.05) is 20.8 Å². The molecule has 0 radical (unpaired) electrons. The monoisotopic (exact) mass is 182 g/mol. The van der Waals surface area contributed by atoms with E-state index in [9.17, 15) is 0 Å². The van der Waals surface area contributed by atoms with Gasteiger partial charge in [0.2, 0.25) is 0 Å². The minimum atomic E-state index is 0.206. The minimum absolute atomic E-state index is 0.206. The molecule has 0 aromatic heterocycles. The molecular formula is C11H22N2. The van der Waals surface area contributed by atoms with Crippen molar-refractivity contribution in [3.05, 3.63) is 0 Å². The minimum Gasteiger partial charge on any atom is -0.305 e. The lowest BCUT2D eigenvalue weighted by atomic mass is 10.1. The van der Waals surface area contributed by atoms with Gasteiger partial charge in [0, 0.05) is 6.54 Å². The van der Waals surface area contributed by atoms with Crippen LogP contribution in [0.2, 0.25) is 0 Å². The number of hydrogen-bond donors (Lipinski definition) is 0. The van der Waals surface area contributed by atoms with Gasteiger partial charge in [-0.3, -0.25) is 0 Å². The van der Waals surface area contributed by atoms with Crippen LogP contribution in [0.25, 0.3) is 0 Å². The molecule has 0 aromatic carbocycles. The van der Waals surface area contributed by atoms with E-state index in [4.69, 9.17) is 5.26 Å². The molecule has 13 heavy (non-hydrogen) atoms. The van der Waals surface area contributed by atoms with Crippen molar-refractivity contribution in [3.8, 4) is 6.07 Å². The van der Waals surface area contributed by atoms with E-state index in [1.807, 2.05) is 0 Å². The maximum atomic E-state index is 8.78. The van der Waals surface area contributed by atoms with Crippen LogP contribution < -0.4 is 0 Å². The molecular weight excluding hydrogens is 160 g/mol. The van der Waals surface area contributed by atoms with Crippen LogP contribution in [0.15, 0.2) is 0 Å². The van der Waals surface area contributed by atoms with Crippen LogP contribution in [0.3, 0.4) is 0 Å². The Morgan fingerprint density at radius 2 is 2.00 bits per heavy atom. The summed E-state index contributed by atoms with van der Waals surface area (Å²) in [6.45, 7) is 8.56. The van der Waals surface area contributed by atoms with Crippen LogP contribution in [0.5, 0.6) is 0 Å². The Morgan fingerprint density at radius 3 is 2.38 bits per heavy atom. The summed E-state index contributed by atoms with van der Waals surface area (Å²) in [4.78, 5) is 2.26. The SMILES string of the molecule is CCC(C#N)CN(C)CCC(C)C. The van der Waals surface area contributed by atoms with E-state index in [0.29, 0.717) is 0 Å². The molecule has 1 unspecified atom stereocenters. The molecule has 0 aliphatic rings. The van der Waals surface area contributed by atoms with Gasteiger partial charge >= 0.3 is 0 Å². The molecule has 0 spiro atoms. The van der Waals surface area contributed by atoms with Gasteiger partial charge < -0.3 is 4.90 Å². The normalized spacial score (nSPS) is 13.3. The van der Waals surface area contributed by atoms with Gasteiger partial charge in [0.05, 0.1) is 12.0 Å². The van der Waals surface area contributed by atoms with Crippen LogP contribution in [-0.4, -0.2) is 25.0 Å². The highest BCUT2D eigenvalue weighted by Gasteiger charge is 2.08. The zero-order valence-corrected chi connectivity index (χ0v) is 9.38. The van der Waals surface area contributed by atoms with Crippen LogP contribution in [0, 0.1) is 23.2 Å². The summed E-state index contributed by atoms with van der Waals surface area (Å²) in [7, 11) is 2.10. The first-order chi connectivity index (χ1) is 6.10. The van der Waals surface area contributed by atoms with E-state index in [1.54, 1.807) is 0 Å². The van der Waals surface area contributed by atoms with Crippen molar-refractivity contribution in [2.24, 2.45) is 11.8 Å². The Morgan fingerprint density at radius 1 is 1.38 bits per heavy atom. The summed E-state index contributed by atoms with van der Waals surface area (Å²) >= 11 is 0. The fraction of sp³-hybridized carbons (Fsp3) is 0.909. The molecule has 0 aromatic rings. The zero-order chi connectivity index (χ0) is 10.3. The topological polar surface area (TPSA) is 27.0 Å². The number of hydrogen-bond acceptors (Lipinski definition) is 2. The van der Waals surface area contributed by atoms with E-state index < -0.39 is 0 Å². The Kier molecular flexibility index (Phi) is 6.62. The summed E-state index contributed by atoms with van der Waals surface area (Å²) in [5.41, 5.74) is 0. The van der Waals surface area contributed by atoms with Gasteiger partial charge in [-0.05, 0) is 32.4 Å². The standard InChI is InChI=1S/C11H22N2/c1-5-11(8-12)9-13(4)7-6-10(2)3/h10-11H,5-7,9H2,1-4H3. The first-order valence-corrected chi connectivity index (χ1v) is 5.18. The predicted molar refractivity (Wildman–Crippen MR) is 56.3 cm³/mol. The summed E-state index contributed by atoms with van der Waals surface area (Å²) in [5.74, 6) is 0.960. The van der Waals surface area contributed by atoms with E-state index in [1.165, 1.54) is 6.42 Å². The van der Waals surface area contributed by atoms with Gasteiger partial charge in [0.15, 0.2) is 0 Å². The third-order valence-electron chi connectivity index (χ3n) is 2.30. The average molecular weight is 182 g/mol. The summed E-state index contributed by atoms with van der Waals surface area (Å²) in [6, 6.07) is 2.33. The van der Waals surface area contributed by atoms with Gasteiger partial charge in [-0.15, -0.1) is 0 Å². The molecule has 2 nitrogen and oxygen atoms in total. The van der Waals surface area contributed by atoms with Gasteiger partial charge in [-0.25, -0.2) is 0 Å². The molecule has 0 aliphatic carbocycles. The fourth-order valence-corrected chi connectivity index (χ4v) is 1.21.